The molecule has 0 spiro atoms. The molecule has 1 aliphatic rings. The molecule has 30 heavy (non-hydrogen) atoms. The van der Waals surface area contributed by atoms with E-state index in [1.165, 1.54) is 22.9 Å². The highest BCUT2D eigenvalue weighted by Crippen LogP contribution is 2.34. The number of carbonyl (C=O) groups excluding carboxylic acids is 1. The third-order valence-electron chi connectivity index (χ3n) is 5.53. The average Bonchev–Trinajstić information content (AvgIpc) is 3.25. The Labute approximate surface area is 180 Å². The van der Waals surface area contributed by atoms with Crippen LogP contribution in [0.2, 0.25) is 0 Å². The van der Waals surface area contributed by atoms with Gasteiger partial charge in [-0.2, -0.15) is 4.68 Å². The SMILES string of the molecule is COc1ccc(C)cc1-n1nnnc1SCC(=O)N(C)[C@@H]1CCCc2ccccc21. The molecule has 0 saturated heterocycles. The number of hydrogen-bond donors (Lipinski definition) is 0. The van der Waals surface area contributed by atoms with Crippen molar-refractivity contribution in [2.45, 2.75) is 37.4 Å². The zero-order chi connectivity index (χ0) is 21.1. The third-order valence-corrected chi connectivity index (χ3v) is 6.43. The van der Waals surface area contributed by atoms with E-state index in [-0.39, 0.29) is 17.7 Å². The first-order valence-corrected chi connectivity index (χ1v) is 11.0. The monoisotopic (exact) mass is 423 g/mol. The second-order valence-electron chi connectivity index (χ2n) is 7.45. The first-order chi connectivity index (χ1) is 14.6. The van der Waals surface area contributed by atoms with Crippen molar-refractivity contribution in [2.75, 3.05) is 19.9 Å². The van der Waals surface area contributed by atoms with Crippen LogP contribution in [-0.2, 0) is 11.2 Å². The van der Waals surface area contributed by atoms with Crippen LogP contribution in [-0.4, -0.2) is 50.9 Å². The number of hydrogen-bond acceptors (Lipinski definition) is 6. The fourth-order valence-corrected chi connectivity index (χ4v) is 4.73. The summed E-state index contributed by atoms with van der Waals surface area (Å²) in [5, 5.41) is 12.6. The normalized spacial score (nSPS) is 15.5. The second kappa shape index (κ2) is 8.87. The number of carbonyl (C=O) groups is 1. The predicted octanol–water partition coefficient (Wildman–Crippen LogP) is 3.61. The van der Waals surface area contributed by atoms with E-state index in [0.717, 1.165) is 30.5 Å². The molecule has 1 heterocycles. The van der Waals surface area contributed by atoms with Gasteiger partial charge in [0.1, 0.15) is 11.4 Å². The molecule has 1 aromatic heterocycles. The minimum Gasteiger partial charge on any atom is -0.494 e. The Balaban J connectivity index is 1.49. The molecule has 0 aliphatic heterocycles. The lowest BCUT2D eigenvalue weighted by Gasteiger charge is -2.33. The number of thioether (sulfide) groups is 1. The maximum absolute atomic E-state index is 13.0. The number of nitrogens with zero attached hydrogens (tertiary/aromatic N) is 5. The molecule has 1 amide bonds. The molecule has 4 rings (SSSR count). The van der Waals surface area contributed by atoms with Crippen LogP contribution in [0.5, 0.6) is 5.75 Å². The number of methoxy groups -OCH3 is 1. The van der Waals surface area contributed by atoms with Crippen molar-refractivity contribution in [2.24, 2.45) is 0 Å². The van der Waals surface area contributed by atoms with Crippen molar-refractivity contribution in [1.82, 2.24) is 25.1 Å². The summed E-state index contributed by atoms with van der Waals surface area (Å²) in [6, 6.07) is 14.4. The molecular formula is C22H25N5O2S. The Morgan fingerprint density at radius 3 is 2.97 bits per heavy atom. The van der Waals surface area contributed by atoms with Crippen molar-refractivity contribution >= 4 is 17.7 Å². The van der Waals surface area contributed by atoms with Crippen LogP contribution in [0.4, 0.5) is 0 Å². The summed E-state index contributed by atoms with van der Waals surface area (Å²) < 4.78 is 7.08. The lowest BCUT2D eigenvalue weighted by Crippen LogP contribution is -2.34. The van der Waals surface area contributed by atoms with Crippen LogP contribution in [0.1, 0.15) is 35.6 Å². The van der Waals surface area contributed by atoms with Gasteiger partial charge in [-0.3, -0.25) is 4.79 Å². The van der Waals surface area contributed by atoms with E-state index in [0.29, 0.717) is 10.9 Å². The van der Waals surface area contributed by atoms with Gasteiger partial charge in [-0.1, -0.05) is 42.1 Å². The number of rotatable bonds is 6. The molecule has 0 saturated carbocycles. The van der Waals surface area contributed by atoms with Gasteiger partial charge in [-0.15, -0.1) is 5.10 Å². The molecule has 0 N–H and O–H groups in total. The van der Waals surface area contributed by atoms with Crippen LogP contribution in [0.15, 0.2) is 47.6 Å². The van der Waals surface area contributed by atoms with Gasteiger partial charge >= 0.3 is 0 Å². The van der Waals surface area contributed by atoms with Crippen LogP contribution in [0.3, 0.4) is 0 Å². The Bertz CT molecular complexity index is 1050. The summed E-state index contributed by atoms with van der Waals surface area (Å²) in [6.45, 7) is 2.00. The van der Waals surface area contributed by atoms with Gasteiger partial charge in [-0.25, -0.2) is 0 Å². The molecule has 0 bridgehead atoms. The number of fused-ring (bicyclic) bond motifs is 1. The van der Waals surface area contributed by atoms with Gasteiger partial charge in [-0.05, 0) is 65.4 Å². The molecule has 0 radical (unpaired) electrons. The summed E-state index contributed by atoms with van der Waals surface area (Å²) in [6.07, 6.45) is 3.16. The highest BCUT2D eigenvalue weighted by atomic mass is 32.2. The van der Waals surface area contributed by atoms with Gasteiger partial charge in [0.05, 0.1) is 18.9 Å². The van der Waals surface area contributed by atoms with E-state index < -0.39 is 0 Å². The topological polar surface area (TPSA) is 73.1 Å². The number of ether oxygens (including phenoxy) is 1. The minimum absolute atomic E-state index is 0.0625. The molecule has 3 aromatic rings. The molecule has 1 atom stereocenters. The van der Waals surface area contributed by atoms with Gasteiger partial charge in [0.25, 0.3) is 0 Å². The molecular weight excluding hydrogens is 398 g/mol. The number of tetrazole rings is 1. The van der Waals surface area contributed by atoms with Crippen LogP contribution >= 0.6 is 11.8 Å². The Morgan fingerprint density at radius 2 is 2.13 bits per heavy atom. The standard InChI is InChI=1S/C22H25N5O2S/c1-15-11-12-20(29-3)19(13-15)27-22(23-24-25-27)30-14-21(28)26(2)18-10-6-8-16-7-4-5-9-17(16)18/h4-5,7,9,11-13,18H,6,8,10,14H2,1-3H3/t18-/m1/s1. The van der Waals surface area contributed by atoms with Crippen LogP contribution in [0, 0.1) is 6.92 Å². The maximum atomic E-state index is 13.0. The Kier molecular flexibility index (Phi) is 6.03. The van der Waals surface area contributed by atoms with Gasteiger partial charge in [0.2, 0.25) is 11.1 Å². The molecule has 8 heteroatoms. The van der Waals surface area contributed by atoms with Crippen molar-refractivity contribution in [3.05, 3.63) is 59.2 Å². The lowest BCUT2D eigenvalue weighted by molar-refractivity contribution is -0.129. The summed E-state index contributed by atoms with van der Waals surface area (Å²) in [7, 11) is 3.51. The quantitative estimate of drug-likeness (QED) is 0.564. The number of amides is 1. The lowest BCUT2D eigenvalue weighted by atomic mass is 9.87. The van der Waals surface area contributed by atoms with Crippen LogP contribution < -0.4 is 4.74 Å². The molecule has 0 unspecified atom stereocenters. The Hall–Kier alpha value is -2.87. The summed E-state index contributed by atoms with van der Waals surface area (Å²) in [5.74, 6) is 1.01. The molecule has 2 aromatic carbocycles. The van der Waals surface area contributed by atoms with E-state index >= 15 is 0 Å². The minimum atomic E-state index is 0.0625. The van der Waals surface area contributed by atoms with E-state index in [2.05, 4.69) is 33.7 Å². The molecule has 7 nitrogen and oxygen atoms in total. The van der Waals surface area contributed by atoms with Crippen molar-refractivity contribution < 1.29 is 9.53 Å². The fourth-order valence-electron chi connectivity index (χ4n) is 3.92. The molecule has 1 aliphatic carbocycles. The van der Waals surface area contributed by atoms with E-state index in [1.807, 2.05) is 43.1 Å². The van der Waals surface area contributed by atoms with Gasteiger partial charge < -0.3 is 9.64 Å². The third kappa shape index (κ3) is 4.05. The largest absolute Gasteiger partial charge is 0.494 e. The zero-order valence-corrected chi connectivity index (χ0v) is 18.2. The van der Waals surface area contributed by atoms with Crippen molar-refractivity contribution in [1.29, 1.82) is 0 Å². The fraction of sp³-hybridized carbons (Fsp3) is 0.364. The summed E-state index contributed by atoms with van der Waals surface area (Å²) in [5.41, 5.74) is 4.44. The Morgan fingerprint density at radius 1 is 1.30 bits per heavy atom. The maximum Gasteiger partial charge on any atom is 0.233 e. The summed E-state index contributed by atoms with van der Waals surface area (Å²) >= 11 is 1.34. The van der Waals surface area contributed by atoms with Crippen LogP contribution in [0.25, 0.3) is 5.69 Å². The highest BCUT2D eigenvalue weighted by Gasteiger charge is 2.27. The first-order valence-electron chi connectivity index (χ1n) is 9.98. The highest BCUT2D eigenvalue weighted by molar-refractivity contribution is 7.99. The van der Waals surface area contributed by atoms with E-state index in [1.54, 1.807) is 11.8 Å². The number of benzene rings is 2. The molecule has 0 fully saturated rings. The zero-order valence-electron chi connectivity index (χ0n) is 17.4. The number of aryl methyl sites for hydroxylation is 2. The van der Waals surface area contributed by atoms with Gasteiger partial charge in [0.15, 0.2) is 0 Å². The second-order valence-corrected chi connectivity index (χ2v) is 8.39. The summed E-state index contributed by atoms with van der Waals surface area (Å²) in [4.78, 5) is 14.8. The molecule has 156 valence electrons. The van der Waals surface area contributed by atoms with E-state index in [4.69, 9.17) is 4.74 Å². The predicted molar refractivity (Wildman–Crippen MR) is 116 cm³/mol. The van der Waals surface area contributed by atoms with E-state index in [9.17, 15) is 4.79 Å². The smallest absolute Gasteiger partial charge is 0.233 e. The first kappa shape index (κ1) is 20.4. The van der Waals surface area contributed by atoms with Crippen molar-refractivity contribution in [3.63, 3.8) is 0 Å². The van der Waals surface area contributed by atoms with Crippen molar-refractivity contribution in [3.8, 4) is 11.4 Å². The van der Waals surface area contributed by atoms with Gasteiger partial charge in [0, 0.05) is 7.05 Å². The number of aromatic nitrogens is 4. The average molecular weight is 424 g/mol.